The van der Waals surface area contributed by atoms with Crippen LogP contribution in [0.1, 0.15) is 51.5 Å². The molecule has 1 fully saturated rings. The fourth-order valence-corrected chi connectivity index (χ4v) is 3.34. The van der Waals surface area contributed by atoms with Crippen molar-refractivity contribution in [1.29, 1.82) is 0 Å². The van der Waals surface area contributed by atoms with E-state index in [1.807, 2.05) is 12.1 Å². The van der Waals surface area contributed by atoms with Crippen molar-refractivity contribution in [3.63, 3.8) is 0 Å². The molecule has 0 bridgehead atoms. The quantitative estimate of drug-likeness (QED) is 0.793. The number of hydrogen-bond acceptors (Lipinski definition) is 2. The van der Waals surface area contributed by atoms with Crippen LogP contribution in [-0.4, -0.2) is 25.3 Å². The maximum atomic E-state index is 6.41. The van der Waals surface area contributed by atoms with E-state index < -0.39 is 0 Å². The Labute approximate surface area is 134 Å². The van der Waals surface area contributed by atoms with E-state index in [1.165, 1.54) is 18.4 Å². The van der Waals surface area contributed by atoms with Gasteiger partial charge in [-0.1, -0.05) is 43.6 Å². The van der Waals surface area contributed by atoms with Crippen LogP contribution in [0.25, 0.3) is 0 Å². The van der Waals surface area contributed by atoms with E-state index in [1.54, 1.807) is 0 Å². The van der Waals surface area contributed by atoms with E-state index >= 15 is 0 Å². The molecule has 3 heteroatoms. The predicted molar refractivity (Wildman–Crippen MR) is 90.1 cm³/mol. The number of halogens is 1. The van der Waals surface area contributed by atoms with Gasteiger partial charge in [-0.25, -0.2) is 0 Å². The fraction of sp³-hybridized carbons (Fsp3) is 0.667. The van der Waals surface area contributed by atoms with Crippen molar-refractivity contribution in [3.05, 3.63) is 34.9 Å². The van der Waals surface area contributed by atoms with Crippen LogP contribution in [0.3, 0.4) is 0 Å². The standard InChI is InChI=1S/C18H28ClNO/c1-13(2)11-20-12-15(10-16-9-8-14(3)21-16)17-6-4-5-7-18(17)19/h4-7,13-16,20H,8-12H2,1-3H3. The van der Waals surface area contributed by atoms with E-state index in [0.29, 0.717) is 24.0 Å². The second kappa shape index (κ2) is 8.17. The topological polar surface area (TPSA) is 21.3 Å². The van der Waals surface area contributed by atoms with Crippen LogP contribution in [0, 0.1) is 5.92 Å². The minimum absolute atomic E-state index is 0.377. The number of rotatable bonds is 7. The summed E-state index contributed by atoms with van der Waals surface area (Å²) in [6.45, 7) is 8.65. The molecular weight excluding hydrogens is 282 g/mol. The van der Waals surface area contributed by atoms with Gasteiger partial charge in [0.1, 0.15) is 0 Å². The highest BCUT2D eigenvalue weighted by Crippen LogP contribution is 2.32. The molecule has 3 atom stereocenters. The lowest BCUT2D eigenvalue weighted by molar-refractivity contribution is 0.0466. The highest BCUT2D eigenvalue weighted by molar-refractivity contribution is 6.31. The average Bonchev–Trinajstić information content (AvgIpc) is 2.83. The van der Waals surface area contributed by atoms with Crippen LogP contribution in [0.2, 0.25) is 5.02 Å². The molecule has 1 aromatic rings. The molecule has 0 aliphatic carbocycles. The molecule has 118 valence electrons. The summed E-state index contributed by atoms with van der Waals surface area (Å²) in [7, 11) is 0. The molecule has 2 rings (SSSR count). The van der Waals surface area contributed by atoms with Gasteiger partial charge < -0.3 is 10.1 Å². The Morgan fingerprint density at radius 2 is 2.00 bits per heavy atom. The van der Waals surface area contributed by atoms with E-state index in [-0.39, 0.29) is 0 Å². The Morgan fingerprint density at radius 1 is 1.24 bits per heavy atom. The smallest absolute Gasteiger partial charge is 0.0586 e. The predicted octanol–water partition coefficient (Wildman–Crippen LogP) is 4.63. The van der Waals surface area contributed by atoms with Gasteiger partial charge in [0.15, 0.2) is 0 Å². The number of nitrogens with one attached hydrogen (secondary N) is 1. The first kappa shape index (κ1) is 16.8. The second-order valence-corrected chi connectivity index (χ2v) is 7.06. The first-order chi connectivity index (χ1) is 10.1. The van der Waals surface area contributed by atoms with Gasteiger partial charge in [0.05, 0.1) is 12.2 Å². The van der Waals surface area contributed by atoms with Crippen LogP contribution < -0.4 is 5.32 Å². The van der Waals surface area contributed by atoms with Crippen molar-refractivity contribution in [2.24, 2.45) is 5.92 Å². The SMILES string of the molecule is CC(C)CNCC(CC1CCC(C)O1)c1ccccc1Cl. The molecule has 1 aliphatic rings. The number of benzene rings is 1. The molecule has 2 nitrogen and oxygen atoms in total. The summed E-state index contributed by atoms with van der Waals surface area (Å²) in [5, 5.41) is 4.46. The molecule has 1 aliphatic heterocycles. The van der Waals surface area contributed by atoms with Gasteiger partial charge in [-0.2, -0.15) is 0 Å². The monoisotopic (exact) mass is 309 g/mol. The van der Waals surface area contributed by atoms with Gasteiger partial charge in [-0.15, -0.1) is 0 Å². The second-order valence-electron chi connectivity index (χ2n) is 6.65. The maximum absolute atomic E-state index is 6.41. The lowest BCUT2D eigenvalue weighted by Gasteiger charge is -2.23. The summed E-state index contributed by atoms with van der Waals surface area (Å²) in [5.41, 5.74) is 1.25. The van der Waals surface area contributed by atoms with Crippen molar-refractivity contribution in [2.45, 2.75) is 58.2 Å². The van der Waals surface area contributed by atoms with Gasteiger partial charge in [0, 0.05) is 17.5 Å². The van der Waals surface area contributed by atoms with E-state index in [4.69, 9.17) is 16.3 Å². The third-order valence-electron chi connectivity index (χ3n) is 4.16. The van der Waals surface area contributed by atoms with Crippen molar-refractivity contribution in [2.75, 3.05) is 13.1 Å². The van der Waals surface area contributed by atoms with E-state index in [9.17, 15) is 0 Å². The summed E-state index contributed by atoms with van der Waals surface area (Å²) in [4.78, 5) is 0. The first-order valence-corrected chi connectivity index (χ1v) is 8.54. The highest BCUT2D eigenvalue weighted by atomic mass is 35.5. The summed E-state index contributed by atoms with van der Waals surface area (Å²) < 4.78 is 6.01. The fourth-order valence-electron chi connectivity index (χ4n) is 3.05. The summed E-state index contributed by atoms with van der Waals surface area (Å²) >= 11 is 6.41. The molecule has 0 amide bonds. The van der Waals surface area contributed by atoms with Gasteiger partial charge in [0.25, 0.3) is 0 Å². The normalized spacial score (nSPS) is 23.7. The zero-order valence-corrected chi connectivity index (χ0v) is 14.2. The third kappa shape index (κ3) is 5.28. The number of hydrogen-bond donors (Lipinski definition) is 1. The molecule has 0 radical (unpaired) electrons. The van der Waals surface area contributed by atoms with Crippen molar-refractivity contribution in [3.8, 4) is 0 Å². The van der Waals surface area contributed by atoms with Crippen LogP contribution in [0.5, 0.6) is 0 Å². The Hall–Kier alpha value is -0.570. The number of ether oxygens (including phenoxy) is 1. The molecule has 21 heavy (non-hydrogen) atoms. The molecule has 0 aromatic heterocycles. The zero-order chi connectivity index (χ0) is 15.2. The summed E-state index contributed by atoms with van der Waals surface area (Å²) in [5.74, 6) is 1.09. The van der Waals surface area contributed by atoms with Crippen LogP contribution in [0.15, 0.2) is 24.3 Å². The molecule has 0 spiro atoms. The Kier molecular flexibility index (Phi) is 6.53. The maximum Gasteiger partial charge on any atom is 0.0586 e. The molecule has 1 aromatic carbocycles. The van der Waals surface area contributed by atoms with Gasteiger partial charge in [0.2, 0.25) is 0 Å². The first-order valence-electron chi connectivity index (χ1n) is 8.17. The van der Waals surface area contributed by atoms with Gasteiger partial charge >= 0.3 is 0 Å². The van der Waals surface area contributed by atoms with Gasteiger partial charge in [-0.05, 0) is 50.3 Å². The van der Waals surface area contributed by atoms with E-state index in [0.717, 1.165) is 24.5 Å². The Balaban J connectivity index is 2.01. The average molecular weight is 310 g/mol. The lowest BCUT2D eigenvalue weighted by Crippen LogP contribution is -2.27. The summed E-state index contributed by atoms with van der Waals surface area (Å²) in [6, 6.07) is 8.22. The van der Waals surface area contributed by atoms with Crippen LogP contribution >= 0.6 is 11.6 Å². The largest absolute Gasteiger partial charge is 0.375 e. The minimum atomic E-state index is 0.377. The van der Waals surface area contributed by atoms with Crippen LogP contribution in [-0.2, 0) is 4.74 Å². The molecule has 3 unspecified atom stereocenters. The molecule has 1 saturated heterocycles. The molecule has 0 saturated carbocycles. The highest BCUT2D eigenvalue weighted by Gasteiger charge is 2.26. The molecule has 1 N–H and O–H groups in total. The lowest BCUT2D eigenvalue weighted by atomic mass is 9.92. The minimum Gasteiger partial charge on any atom is -0.375 e. The van der Waals surface area contributed by atoms with Crippen molar-refractivity contribution < 1.29 is 4.74 Å². The molecule has 1 heterocycles. The zero-order valence-electron chi connectivity index (χ0n) is 13.4. The van der Waals surface area contributed by atoms with Crippen LogP contribution in [0.4, 0.5) is 0 Å². The summed E-state index contributed by atoms with van der Waals surface area (Å²) in [6.07, 6.45) is 4.19. The third-order valence-corrected chi connectivity index (χ3v) is 4.50. The molecular formula is C18H28ClNO. The van der Waals surface area contributed by atoms with Crippen molar-refractivity contribution in [1.82, 2.24) is 5.32 Å². The van der Waals surface area contributed by atoms with Gasteiger partial charge in [-0.3, -0.25) is 0 Å². The Bertz CT molecular complexity index is 435. The van der Waals surface area contributed by atoms with E-state index in [2.05, 4.69) is 38.2 Å². The Morgan fingerprint density at radius 3 is 2.62 bits per heavy atom. The van der Waals surface area contributed by atoms with Crippen molar-refractivity contribution >= 4 is 11.6 Å².